The molecule has 90 valence electrons. The molecule has 0 spiro atoms. The highest BCUT2D eigenvalue weighted by Crippen LogP contribution is 2.13. The summed E-state index contributed by atoms with van der Waals surface area (Å²) < 4.78 is 0. The summed E-state index contributed by atoms with van der Waals surface area (Å²) in [5.41, 5.74) is 3.99. The van der Waals surface area contributed by atoms with Crippen molar-refractivity contribution in [2.24, 2.45) is 0 Å². The molecule has 2 aromatic rings. The van der Waals surface area contributed by atoms with Crippen LogP contribution in [0.2, 0.25) is 0 Å². The van der Waals surface area contributed by atoms with Gasteiger partial charge >= 0.3 is 0 Å². The van der Waals surface area contributed by atoms with E-state index in [-0.39, 0.29) is 0 Å². The molecule has 1 aromatic carbocycles. The van der Waals surface area contributed by atoms with Gasteiger partial charge in [-0.25, -0.2) is 0 Å². The summed E-state index contributed by atoms with van der Waals surface area (Å²) in [5.74, 6) is 0. The van der Waals surface area contributed by atoms with Crippen LogP contribution < -0.4 is 5.32 Å². The number of nitrogens with one attached hydrogen (secondary N) is 2. The topological polar surface area (TPSA) is 40.7 Å². The third kappa shape index (κ3) is 2.94. The molecule has 0 fully saturated rings. The second kappa shape index (κ2) is 5.64. The van der Waals surface area contributed by atoms with Crippen LogP contribution in [-0.2, 0) is 13.0 Å². The molecule has 17 heavy (non-hydrogen) atoms. The highest BCUT2D eigenvalue weighted by atomic mass is 15.1. The maximum Gasteiger partial charge on any atom is 0.0534 e. The standard InChI is InChI=1S/C14H19N3/c1-3-12-6-4-5-7-13(12)8-15-11(2)14-9-16-17-10-14/h4-7,9-11,15H,3,8H2,1-2H3,(H,16,17). The molecular weight excluding hydrogens is 210 g/mol. The number of aromatic nitrogens is 2. The zero-order valence-corrected chi connectivity index (χ0v) is 10.4. The Kier molecular flexibility index (Phi) is 3.94. The third-order valence-corrected chi connectivity index (χ3v) is 3.12. The van der Waals surface area contributed by atoms with Gasteiger partial charge in [-0.05, 0) is 24.5 Å². The van der Waals surface area contributed by atoms with E-state index in [1.165, 1.54) is 16.7 Å². The van der Waals surface area contributed by atoms with Gasteiger partial charge in [-0.1, -0.05) is 31.2 Å². The molecule has 3 nitrogen and oxygen atoms in total. The SMILES string of the molecule is CCc1ccccc1CNC(C)c1cn[nH]c1. The minimum atomic E-state index is 0.318. The first kappa shape index (κ1) is 11.9. The van der Waals surface area contributed by atoms with Crippen LogP contribution in [0.5, 0.6) is 0 Å². The van der Waals surface area contributed by atoms with E-state index < -0.39 is 0 Å². The monoisotopic (exact) mass is 229 g/mol. The smallest absolute Gasteiger partial charge is 0.0534 e. The van der Waals surface area contributed by atoms with E-state index in [0.29, 0.717) is 6.04 Å². The average Bonchev–Trinajstić information content (AvgIpc) is 2.90. The van der Waals surface area contributed by atoms with Crippen LogP contribution in [0.15, 0.2) is 36.7 Å². The van der Waals surface area contributed by atoms with Crippen molar-refractivity contribution >= 4 is 0 Å². The zero-order valence-electron chi connectivity index (χ0n) is 10.4. The Hall–Kier alpha value is -1.61. The average molecular weight is 229 g/mol. The summed E-state index contributed by atoms with van der Waals surface area (Å²) in [7, 11) is 0. The van der Waals surface area contributed by atoms with Crippen LogP contribution in [0.3, 0.4) is 0 Å². The lowest BCUT2D eigenvalue weighted by atomic mass is 10.0. The molecule has 3 heteroatoms. The normalized spacial score (nSPS) is 12.6. The molecule has 0 bridgehead atoms. The van der Waals surface area contributed by atoms with Crippen molar-refractivity contribution in [1.29, 1.82) is 0 Å². The summed E-state index contributed by atoms with van der Waals surface area (Å²) in [5, 5.41) is 10.3. The largest absolute Gasteiger partial charge is 0.306 e. The highest BCUT2D eigenvalue weighted by Gasteiger charge is 2.06. The van der Waals surface area contributed by atoms with E-state index in [1.807, 2.05) is 12.4 Å². The second-order valence-electron chi connectivity index (χ2n) is 4.26. The van der Waals surface area contributed by atoms with E-state index in [1.54, 1.807) is 0 Å². The van der Waals surface area contributed by atoms with Gasteiger partial charge in [-0.3, -0.25) is 5.10 Å². The second-order valence-corrected chi connectivity index (χ2v) is 4.26. The fourth-order valence-corrected chi connectivity index (χ4v) is 1.95. The number of aromatic amines is 1. The van der Waals surface area contributed by atoms with Gasteiger partial charge < -0.3 is 5.32 Å². The van der Waals surface area contributed by atoms with Gasteiger partial charge in [-0.2, -0.15) is 5.10 Å². The molecule has 1 heterocycles. The summed E-state index contributed by atoms with van der Waals surface area (Å²) >= 11 is 0. The Morgan fingerprint density at radius 2 is 2.06 bits per heavy atom. The van der Waals surface area contributed by atoms with Crippen LogP contribution in [0.4, 0.5) is 0 Å². The van der Waals surface area contributed by atoms with E-state index in [4.69, 9.17) is 0 Å². The minimum absolute atomic E-state index is 0.318. The van der Waals surface area contributed by atoms with Gasteiger partial charge in [0.15, 0.2) is 0 Å². The number of hydrogen-bond donors (Lipinski definition) is 2. The molecular formula is C14H19N3. The molecule has 0 aliphatic rings. The van der Waals surface area contributed by atoms with Gasteiger partial charge in [0.05, 0.1) is 6.20 Å². The lowest BCUT2D eigenvalue weighted by Crippen LogP contribution is -2.18. The van der Waals surface area contributed by atoms with E-state index in [0.717, 1.165) is 13.0 Å². The van der Waals surface area contributed by atoms with Gasteiger partial charge in [-0.15, -0.1) is 0 Å². The van der Waals surface area contributed by atoms with Crippen LogP contribution >= 0.6 is 0 Å². The number of benzene rings is 1. The summed E-state index contributed by atoms with van der Waals surface area (Å²) in [6.07, 6.45) is 4.88. The number of rotatable bonds is 5. The number of aryl methyl sites for hydroxylation is 1. The first-order valence-electron chi connectivity index (χ1n) is 6.10. The van der Waals surface area contributed by atoms with E-state index in [2.05, 4.69) is 53.6 Å². The van der Waals surface area contributed by atoms with Crippen molar-refractivity contribution in [3.63, 3.8) is 0 Å². The molecule has 1 atom stereocenters. The molecule has 2 rings (SSSR count). The fourth-order valence-electron chi connectivity index (χ4n) is 1.95. The Morgan fingerprint density at radius 3 is 2.71 bits per heavy atom. The lowest BCUT2D eigenvalue weighted by molar-refractivity contribution is 0.573. The van der Waals surface area contributed by atoms with Crippen molar-refractivity contribution in [3.05, 3.63) is 53.3 Å². The van der Waals surface area contributed by atoms with Crippen LogP contribution in [0, 0.1) is 0 Å². The first-order chi connectivity index (χ1) is 8.31. The van der Waals surface area contributed by atoms with Gasteiger partial charge in [0, 0.05) is 24.3 Å². The summed E-state index contributed by atoms with van der Waals surface area (Å²) in [6.45, 7) is 5.24. The van der Waals surface area contributed by atoms with Gasteiger partial charge in [0.2, 0.25) is 0 Å². The Labute approximate surface area is 102 Å². The van der Waals surface area contributed by atoms with Crippen molar-refractivity contribution in [1.82, 2.24) is 15.5 Å². The number of nitrogens with zero attached hydrogens (tertiary/aromatic N) is 1. The van der Waals surface area contributed by atoms with Gasteiger partial charge in [0.1, 0.15) is 0 Å². The Balaban J connectivity index is 1.98. The quantitative estimate of drug-likeness (QED) is 0.827. The van der Waals surface area contributed by atoms with E-state index >= 15 is 0 Å². The zero-order chi connectivity index (χ0) is 12.1. The fraction of sp³-hybridized carbons (Fsp3) is 0.357. The molecule has 1 aromatic heterocycles. The molecule has 0 saturated heterocycles. The number of hydrogen-bond acceptors (Lipinski definition) is 2. The highest BCUT2D eigenvalue weighted by molar-refractivity contribution is 5.27. The maximum atomic E-state index is 3.97. The van der Waals surface area contributed by atoms with Crippen molar-refractivity contribution < 1.29 is 0 Å². The van der Waals surface area contributed by atoms with Crippen molar-refractivity contribution in [2.45, 2.75) is 32.9 Å². The maximum absolute atomic E-state index is 3.97. The van der Waals surface area contributed by atoms with Crippen molar-refractivity contribution in [2.75, 3.05) is 0 Å². The van der Waals surface area contributed by atoms with Crippen molar-refractivity contribution in [3.8, 4) is 0 Å². The Bertz CT molecular complexity index is 448. The predicted molar refractivity (Wildman–Crippen MR) is 69.7 cm³/mol. The van der Waals surface area contributed by atoms with E-state index in [9.17, 15) is 0 Å². The molecule has 2 N–H and O–H groups in total. The third-order valence-electron chi connectivity index (χ3n) is 3.12. The molecule has 1 unspecified atom stereocenters. The summed E-state index contributed by atoms with van der Waals surface area (Å²) in [4.78, 5) is 0. The minimum Gasteiger partial charge on any atom is -0.306 e. The number of H-pyrrole nitrogens is 1. The molecule has 0 radical (unpaired) electrons. The van der Waals surface area contributed by atoms with Crippen LogP contribution in [0.1, 0.15) is 36.6 Å². The summed E-state index contributed by atoms with van der Waals surface area (Å²) in [6, 6.07) is 8.90. The van der Waals surface area contributed by atoms with Crippen LogP contribution in [-0.4, -0.2) is 10.2 Å². The molecule has 0 amide bonds. The van der Waals surface area contributed by atoms with Crippen LogP contribution in [0.25, 0.3) is 0 Å². The Morgan fingerprint density at radius 1 is 1.29 bits per heavy atom. The van der Waals surface area contributed by atoms with Gasteiger partial charge in [0.25, 0.3) is 0 Å². The molecule has 0 saturated carbocycles. The molecule has 0 aliphatic heterocycles. The first-order valence-corrected chi connectivity index (χ1v) is 6.10. The predicted octanol–water partition coefficient (Wildman–Crippen LogP) is 2.82. The molecule has 0 aliphatic carbocycles. The lowest BCUT2D eigenvalue weighted by Gasteiger charge is -2.14.